The molecule has 0 bridgehead atoms. The molecule has 0 fully saturated rings. The number of hydrogen-bond donors (Lipinski definition) is 1. The summed E-state index contributed by atoms with van der Waals surface area (Å²) in [7, 11) is 2.14. The molecular weight excluding hydrogens is 276 g/mol. The van der Waals surface area contributed by atoms with E-state index in [0.717, 1.165) is 19.5 Å². The largest absolute Gasteiger partial charge is 0.347 e. The van der Waals surface area contributed by atoms with E-state index < -0.39 is 0 Å². The van der Waals surface area contributed by atoms with Crippen LogP contribution in [0.25, 0.3) is 10.9 Å². The van der Waals surface area contributed by atoms with Crippen LogP contribution in [0.5, 0.6) is 0 Å². The third-order valence-electron chi connectivity index (χ3n) is 3.39. The molecule has 0 aliphatic carbocycles. The molecule has 0 radical (unpaired) electrons. The Morgan fingerprint density at radius 2 is 2.12 bits per heavy atom. The Kier molecular flexibility index (Phi) is 3.89. The van der Waals surface area contributed by atoms with Crippen LogP contribution in [0.3, 0.4) is 0 Å². The Hall–Kier alpha value is -0.800. The highest BCUT2D eigenvalue weighted by Crippen LogP contribution is 2.30. The lowest BCUT2D eigenvalue weighted by Gasteiger charge is -2.03. The number of nitrogens with zero attached hydrogens (tertiary/aromatic N) is 1. The zero-order valence-corrected chi connectivity index (χ0v) is 12.3. The molecule has 2 aromatic rings. The Balaban J connectivity index is 2.48. The minimum atomic E-state index is 1.04. The number of rotatable bonds is 4. The zero-order valence-electron chi connectivity index (χ0n) is 10.7. The van der Waals surface area contributed by atoms with Gasteiger partial charge in [-0.15, -0.1) is 0 Å². The minimum absolute atomic E-state index is 1.04. The molecule has 92 valence electrons. The lowest BCUT2D eigenvalue weighted by molar-refractivity contribution is 0.714. The Labute approximate surface area is 111 Å². The SMILES string of the molecule is CCNCCc1c(C)n(C)c2c(Br)cccc12. The van der Waals surface area contributed by atoms with E-state index in [1.165, 1.54) is 26.6 Å². The number of likely N-dealkylation sites (N-methyl/N-ethyl adjacent to an activating group) is 1. The van der Waals surface area contributed by atoms with Gasteiger partial charge in [0.2, 0.25) is 0 Å². The van der Waals surface area contributed by atoms with Crippen molar-refractivity contribution in [2.75, 3.05) is 13.1 Å². The number of aryl methyl sites for hydroxylation is 1. The lowest BCUT2D eigenvalue weighted by atomic mass is 10.1. The molecule has 0 unspecified atom stereocenters. The van der Waals surface area contributed by atoms with E-state index in [0.29, 0.717) is 0 Å². The van der Waals surface area contributed by atoms with E-state index in [1.807, 2.05) is 0 Å². The molecule has 0 amide bonds. The summed E-state index contributed by atoms with van der Waals surface area (Å²) in [4.78, 5) is 0. The molecule has 2 rings (SSSR count). The molecule has 2 nitrogen and oxygen atoms in total. The van der Waals surface area contributed by atoms with E-state index >= 15 is 0 Å². The van der Waals surface area contributed by atoms with Crippen molar-refractivity contribution in [2.24, 2.45) is 7.05 Å². The maximum atomic E-state index is 3.64. The maximum Gasteiger partial charge on any atom is 0.0627 e. The summed E-state index contributed by atoms with van der Waals surface area (Å²) in [5.41, 5.74) is 4.13. The fourth-order valence-corrected chi connectivity index (χ4v) is 3.00. The first-order valence-corrected chi connectivity index (χ1v) is 6.89. The molecule has 0 saturated carbocycles. The lowest BCUT2D eigenvalue weighted by Crippen LogP contribution is -2.16. The summed E-state index contributed by atoms with van der Waals surface area (Å²) < 4.78 is 3.45. The summed E-state index contributed by atoms with van der Waals surface area (Å²) in [5, 5.41) is 4.76. The van der Waals surface area contributed by atoms with Crippen LogP contribution in [-0.2, 0) is 13.5 Å². The quantitative estimate of drug-likeness (QED) is 0.855. The molecule has 3 heteroatoms. The summed E-state index contributed by atoms with van der Waals surface area (Å²) in [6.07, 6.45) is 1.09. The summed E-state index contributed by atoms with van der Waals surface area (Å²) in [6, 6.07) is 6.44. The molecule has 1 N–H and O–H groups in total. The molecule has 0 aliphatic rings. The van der Waals surface area contributed by atoms with Gasteiger partial charge in [-0.25, -0.2) is 0 Å². The van der Waals surface area contributed by atoms with E-state index in [1.54, 1.807) is 0 Å². The normalized spacial score (nSPS) is 11.3. The van der Waals surface area contributed by atoms with Crippen molar-refractivity contribution in [3.8, 4) is 0 Å². The Bertz CT molecular complexity index is 528. The van der Waals surface area contributed by atoms with Crippen molar-refractivity contribution < 1.29 is 0 Å². The average Bonchev–Trinajstić information content (AvgIpc) is 2.55. The van der Waals surface area contributed by atoms with E-state index in [9.17, 15) is 0 Å². The van der Waals surface area contributed by atoms with Crippen molar-refractivity contribution in [2.45, 2.75) is 20.3 Å². The first-order chi connectivity index (χ1) is 8.16. The standard InChI is InChI=1S/C14H19BrN2/c1-4-16-9-8-11-10(2)17(3)14-12(11)6-5-7-13(14)15/h5-7,16H,4,8-9H2,1-3H3. The van der Waals surface area contributed by atoms with Crippen LogP contribution in [0.4, 0.5) is 0 Å². The van der Waals surface area contributed by atoms with Gasteiger partial charge in [-0.2, -0.15) is 0 Å². The second kappa shape index (κ2) is 5.23. The Morgan fingerprint density at radius 3 is 2.82 bits per heavy atom. The van der Waals surface area contributed by atoms with E-state index in [4.69, 9.17) is 0 Å². The van der Waals surface area contributed by atoms with Gasteiger partial charge in [0, 0.05) is 22.6 Å². The zero-order chi connectivity index (χ0) is 12.4. The molecule has 1 heterocycles. The third-order valence-corrected chi connectivity index (χ3v) is 4.03. The highest BCUT2D eigenvalue weighted by Gasteiger charge is 2.12. The molecule has 0 aliphatic heterocycles. The van der Waals surface area contributed by atoms with Gasteiger partial charge in [-0.1, -0.05) is 19.1 Å². The van der Waals surface area contributed by atoms with E-state index in [-0.39, 0.29) is 0 Å². The van der Waals surface area contributed by atoms with Crippen LogP contribution in [-0.4, -0.2) is 17.7 Å². The molecule has 0 saturated heterocycles. The van der Waals surface area contributed by atoms with Crippen molar-refractivity contribution >= 4 is 26.8 Å². The topological polar surface area (TPSA) is 17.0 Å². The third kappa shape index (κ3) is 2.26. The van der Waals surface area contributed by atoms with E-state index in [2.05, 4.69) is 64.9 Å². The minimum Gasteiger partial charge on any atom is -0.347 e. The van der Waals surface area contributed by atoms with Crippen molar-refractivity contribution in [3.63, 3.8) is 0 Å². The van der Waals surface area contributed by atoms with Crippen LogP contribution >= 0.6 is 15.9 Å². The molecule has 0 spiro atoms. The smallest absolute Gasteiger partial charge is 0.0627 e. The fourth-order valence-electron chi connectivity index (χ4n) is 2.37. The summed E-state index contributed by atoms with van der Waals surface area (Å²) >= 11 is 3.64. The van der Waals surface area contributed by atoms with Crippen LogP contribution in [0.2, 0.25) is 0 Å². The number of para-hydroxylation sites is 1. The number of nitrogens with one attached hydrogen (secondary N) is 1. The number of benzene rings is 1. The molecule has 1 aromatic heterocycles. The predicted molar refractivity (Wildman–Crippen MR) is 77.6 cm³/mol. The molecule has 0 atom stereocenters. The molecular formula is C14H19BrN2. The van der Waals surface area contributed by atoms with Gasteiger partial charge in [0.1, 0.15) is 0 Å². The average molecular weight is 295 g/mol. The second-order valence-corrected chi connectivity index (χ2v) is 5.22. The Morgan fingerprint density at radius 1 is 1.35 bits per heavy atom. The summed E-state index contributed by atoms with van der Waals surface area (Å²) in [5.74, 6) is 0. The van der Waals surface area contributed by atoms with Crippen molar-refractivity contribution in [1.82, 2.24) is 9.88 Å². The first kappa shape index (κ1) is 12.7. The van der Waals surface area contributed by atoms with Crippen LogP contribution < -0.4 is 5.32 Å². The van der Waals surface area contributed by atoms with Crippen molar-refractivity contribution in [1.29, 1.82) is 0 Å². The monoisotopic (exact) mass is 294 g/mol. The maximum absolute atomic E-state index is 3.64. The van der Waals surface area contributed by atoms with Gasteiger partial charge in [-0.3, -0.25) is 0 Å². The summed E-state index contributed by atoms with van der Waals surface area (Å²) in [6.45, 7) is 6.43. The van der Waals surface area contributed by atoms with Gasteiger partial charge < -0.3 is 9.88 Å². The highest BCUT2D eigenvalue weighted by molar-refractivity contribution is 9.10. The van der Waals surface area contributed by atoms with Crippen LogP contribution in [0.1, 0.15) is 18.2 Å². The molecule has 17 heavy (non-hydrogen) atoms. The van der Waals surface area contributed by atoms with Gasteiger partial charge >= 0.3 is 0 Å². The predicted octanol–water partition coefficient (Wildman–Crippen LogP) is 3.40. The van der Waals surface area contributed by atoms with Gasteiger partial charge in [0.05, 0.1) is 5.52 Å². The number of fused-ring (bicyclic) bond motifs is 1. The van der Waals surface area contributed by atoms with Crippen LogP contribution in [0, 0.1) is 6.92 Å². The van der Waals surface area contributed by atoms with Crippen LogP contribution in [0.15, 0.2) is 22.7 Å². The first-order valence-electron chi connectivity index (χ1n) is 6.10. The number of halogens is 1. The van der Waals surface area contributed by atoms with Crippen molar-refractivity contribution in [3.05, 3.63) is 33.9 Å². The second-order valence-electron chi connectivity index (χ2n) is 4.36. The number of hydrogen-bond acceptors (Lipinski definition) is 1. The van der Waals surface area contributed by atoms with Gasteiger partial charge in [0.25, 0.3) is 0 Å². The van der Waals surface area contributed by atoms with Gasteiger partial charge in [0.15, 0.2) is 0 Å². The number of aromatic nitrogens is 1. The van der Waals surface area contributed by atoms with Gasteiger partial charge in [-0.05, 0) is 54.0 Å². The molecule has 1 aromatic carbocycles. The fraction of sp³-hybridized carbons (Fsp3) is 0.429. The highest BCUT2D eigenvalue weighted by atomic mass is 79.9.